The maximum atomic E-state index is 11.2. The molecule has 4 nitrogen and oxygen atoms in total. The van der Waals surface area contributed by atoms with Crippen LogP contribution in [0.15, 0.2) is 30.9 Å². The summed E-state index contributed by atoms with van der Waals surface area (Å²) in [7, 11) is 3.21. The molecule has 1 aromatic carbocycles. The van der Waals surface area contributed by atoms with Crippen molar-refractivity contribution >= 4 is 5.91 Å². The Hall–Kier alpha value is -1.97. The van der Waals surface area contributed by atoms with Crippen molar-refractivity contribution in [2.24, 2.45) is 0 Å². The van der Waals surface area contributed by atoms with Gasteiger partial charge in [-0.25, -0.2) is 0 Å². The third-order valence-electron chi connectivity index (χ3n) is 3.05. The summed E-state index contributed by atoms with van der Waals surface area (Å²) in [4.78, 5) is 11.2. The van der Waals surface area contributed by atoms with Crippen LogP contribution in [0, 0.1) is 0 Å². The van der Waals surface area contributed by atoms with Crippen molar-refractivity contribution in [1.82, 2.24) is 5.32 Å². The molecule has 0 aliphatic rings. The van der Waals surface area contributed by atoms with E-state index in [0.717, 1.165) is 5.56 Å². The highest BCUT2D eigenvalue weighted by Gasteiger charge is 2.22. The summed E-state index contributed by atoms with van der Waals surface area (Å²) in [6.45, 7) is 8.06. The van der Waals surface area contributed by atoms with E-state index in [2.05, 4.69) is 25.7 Å². The van der Waals surface area contributed by atoms with Crippen LogP contribution in [0.4, 0.5) is 0 Å². The number of hydrogen-bond acceptors (Lipinski definition) is 3. The molecule has 0 heterocycles. The predicted octanol–water partition coefficient (Wildman–Crippen LogP) is 2.28. The molecule has 1 aromatic rings. The van der Waals surface area contributed by atoms with Crippen LogP contribution in [0.1, 0.15) is 19.4 Å². The first-order chi connectivity index (χ1) is 8.94. The van der Waals surface area contributed by atoms with Crippen molar-refractivity contribution in [2.75, 3.05) is 20.8 Å². The summed E-state index contributed by atoms with van der Waals surface area (Å²) in [5.41, 5.74) is 0.854. The summed E-state index contributed by atoms with van der Waals surface area (Å²) in [5, 5.41) is 2.81. The number of methoxy groups -OCH3 is 2. The minimum Gasteiger partial charge on any atom is -0.493 e. The zero-order valence-electron chi connectivity index (χ0n) is 11.9. The van der Waals surface area contributed by atoms with Crippen molar-refractivity contribution in [3.8, 4) is 11.5 Å². The van der Waals surface area contributed by atoms with Crippen molar-refractivity contribution in [2.45, 2.75) is 19.3 Å². The van der Waals surface area contributed by atoms with E-state index in [1.54, 1.807) is 14.2 Å². The zero-order chi connectivity index (χ0) is 14.5. The van der Waals surface area contributed by atoms with Crippen LogP contribution in [-0.2, 0) is 10.2 Å². The van der Waals surface area contributed by atoms with E-state index < -0.39 is 0 Å². The number of amides is 1. The lowest BCUT2D eigenvalue weighted by Gasteiger charge is -2.26. The Morgan fingerprint density at radius 1 is 1.32 bits per heavy atom. The van der Waals surface area contributed by atoms with Crippen LogP contribution in [0.25, 0.3) is 0 Å². The second-order valence-electron chi connectivity index (χ2n) is 4.88. The van der Waals surface area contributed by atoms with Gasteiger partial charge >= 0.3 is 0 Å². The molecule has 0 saturated heterocycles. The van der Waals surface area contributed by atoms with Gasteiger partial charge in [0.2, 0.25) is 5.91 Å². The highest BCUT2D eigenvalue weighted by molar-refractivity contribution is 5.86. The Bertz CT molecular complexity index is 466. The first kappa shape index (κ1) is 15.1. The van der Waals surface area contributed by atoms with Gasteiger partial charge in [-0.3, -0.25) is 4.79 Å². The van der Waals surface area contributed by atoms with Gasteiger partial charge in [0.25, 0.3) is 0 Å². The molecule has 1 rings (SSSR count). The predicted molar refractivity (Wildman–Crippen MR) is 75.8 cm³/mol. The van der Waals surface area contributed by atoms with Gasteiger partial charge in [0.1, 0.15) is 0 Å². The average molecular weight is 263 g/mol. The third kappa shape index (κ3) is 3.74. The van der Waals surface area contributed by atoms with E-state index in [0.29, 0.717) is 18.0 Å². The van der Waals surface area contributed by atoms with E-state index in [1.807, 2.05) is 18.2 Å². The van der Waals surface area contributed by atoms with Gasteiger partial charge in [0.05, 0.1) is 14.2 Å². The normalized spacial score (nSPS) is 10.7. The van der Waals surface area contributed by atoms with Gasteiger partial charge in [-0.15, -0.1) is 0 Å². The molecule has 104 valence electrons. The Morgan fingerprint density at radius 3 is 2.47 bits per heavy atom. The average Bonchev–Trinajstić information content (AvgIpc) is 2.43. The first-order valence-electron chi connectivity index (χ1n) is 6.07. The number of nitrogens with one attached hydrogen (secondary N) is 1. The molecule has 19 heavy (non-hydrogen) atoms. The standard InChI is InChI=1S/C15H21NO3/c1-6-14(17)16-10-15(2,3)11-7-8-12(18-4)13(9-11)19-5/h6-9H,1,10H2,2-5H3,(H,16,17). The fourth-order valence-corrected chi connectivity index (χ4v) is 1.74. The van der Waals surface area contributed by atoms with E-state index in [9.17, 15) is 4.79 Å². The zero-order valence-corrected chi connectivity index (χ0v) is 11.9. The second-order valence-corrected chi connectivity index (χ2v) is 4.88. The molecular formula is C15H21NO3. The van der Waals surface area contributed by atoms with E-state index in [-0.39, 0.29) is 11.3 Å². The number of hydrogen-bond donors (Lipinski definition) is 1. The SMILES string of the molecule is C=CC(=O)NCC(C)(C)c1ccc(OC)c(OC)c1. The molecule has 0 aromatic heterocycles. The van der Waals surface area contributed by atoms with Crippen molar-refractivity contribution < 1.29 is 14.3 Å². The Balaban J connectivity index is 2.94. The van der Waals surface area contributed by atoms with Crippen LogP contribution in [0.2, 0.25) is 0 Å². The Morgan fingerprint density at radius 2 is 1.95 bits per heavy atom. The third-order valence-corrected chi connectivity index (χ3v) is 3.05. The maximum absolute atomic E-state index is 11.2. The smallest absolute Gasteiger partial charge is 0.243 e. The summed E-state index contributed by atoms with van der Waals surface area (Å²) < 4.78 is 10.5. The maximum Gasteiger partial charge on any atom is 0.243 e. The lowest BCUT2D eigenvalue weighted by atomic mass is 9.84. The quantitative estimate of drug-likeness (QED) is 0.801. The molecule has 0 saturated carbocycles. The summed E-state index contributed by atoms with van der Waals surface area (Å²) in [5.74, 6) is 1.20. The van der Waals surface area contributed by atoms with Gasteiger partial charge in [0, 0.05) is 12.0 Å². The number of rotatable bonds is 6. The van der Waals surface area contributed by atoms with Gasteiger partial charge in [0.15, 0.2) is 11.5 Å². The lowest BCUT2D eigenvalue weighted by molar-refractivity contribution is -0.116. The molecule has 0 aliphatic heterocycles. The Kier molecular flexibility index (Phi) is 4.98. The molecule has 4 heteroatoms. The van der Waals surface area contributed by atoms with Crippen LogP contribution < -0.4 is 14.8 Å². The first-order valence-corrected chi connectivity index (χ1v) is 6.07. The highest BCUT2D eigenvalue weighted by atomic mass is 16.5. The summed E-state index contributed by atoms with van der Waals surface area (Å²) >= 11 is 0. The van der Waals surface area contributed by atoms with Gasteiger partial charge in [-0.05, 0) is 23.8 Å². The van der Waals surface area contributed by atoms with Gasteiger partial charge < -0.3 is 14.8 Å². The fourth-order valence-electron chi connectivity index (χ4n) is 1.74. The monoisotopic (exact) mass is 263 g/mol. The summed E-state index contributed by atoms with van der Waals surface area (Å²) in [6.07, 6.45) is 1.27. The topological polar surface area (TPSA) is 47.6 Å². The molecule has 1 N–H and O–H groups in total. The van der Waals surface area contributed by atoms with E-state index in [1.165, 1.54) is 6.08 Å². The molecule has 0 spiro atoms. The van der Waals surface area contributed by atoms with Crippen LogP contribution in [0.3, 0.4) is 0 Å². The van der Waals surface area contributed by atoms with Gasteiger partial charge in [-0.1, -0.05) is 26.5 Å². The van der Waals surface area contributed by atoms with Crippen molar-refractivity contribution in [3.63, 3.8) is 0 Å². The molecule has 0 aliphatic carbocycles. The molecule has 0 unspecified atom stereocenters. The second kappa shape index (κ2) is 6.27. The largest absolute Gasteiger partial charge is 0.493 e. The molecule has 1 amide bonds. The minimum atomic E-state index is -0.210. The lowest BCUT2D eigenvalue weighted by Crippen LogP contribution is -2.35. The molecule has 0 bridgehead atoms. The molecule has 0 fully saturated rings. The van der Waals surface area contributed by atoms with E-state index >= 15 is 0 Å². The summed E-state index contributed by atoms with van der Waals surface area (Å²) in [6, 6.07) is 5.77. The van der Waals surface area contributed by atoms with Crippen LogP contribution in [-0.4, -0.2) is 26.7 Å². The highest BCUT2D eigenvalue weighted by Crippen LogP contribution is 2.32. The Labute approximate surface area is 114 Å². The minimum absolute atomic E-state index is 0.173. The van der Waals surface area contributed by atoms with Crippen molar-refractivity contribution in [1.29, 1.82) is 0 Å². The number of carbonyl (C=O) groups excluding carboxylic acids is 1. The fraction of sp³-hybridized carbons (Fsp3) is 0.400. The number of benzene rings is 1. The number of carbonyl (C=O) groups is 1. The number of ether oxygens (including phenoxy) is 2. The molecule has 0 atom stereocenters. The molecular weight excluding hydrogens is 242 g/mol. The molecule has 0 radical (unpaired) electrons. The van der Waals surface area contributed by atoms with E-state index in [4.69, 9.17) is 9.47 Å². The van der Waals surface area contributed by atoms with Gasteiger partial charge in [-0.2, -0.15) is 0 Å². The van der Waals surface area contributed by atoms with Crippen molar-refractivity contribution in [3.05, 3.63) is 36.4 Å². The van der Waals surface area contributed by atoms with Crippen LogP contribution in [0.5, 0.6) is 11.5 Å². The van der Waals surface area contributed by atoms with Crippen LogP contribution >= 0.6 is 0 Å².